The van der Waals surface area contributed by atoms with Gasteiger partial charge in [-0.3, -0.25) is 0 Å². The first kappa shape index (κ1) is 11.2. The van der Waals surface area contributed by atoms with Gasteiger partial charge in [0, 0.05) is 12.6 Å². The molecule has 0 aromatic rings. The second kappa shape index (κ2) is 5.66. The van der Waals surface area contributed by atoms with Crippen molar-refractivity contribution in [1.29, 1.82) is 0 Å². The second-order valence-corrected chi connectivity index (χ2v) is 5.04. The van der Waals surface area contributed by atoms with Crippen molar-refractivity contribution in [1.82, 2.24) is 10.2 Å². The lowest BCUT2D eigenvalue weighted by Crippen LogP contribution is -2.43. The first-order valence-electron chi connectivity index (χ1n) is 6.45. The van der Waals surface area contributed by atoms with Crippen LogP contribution in [-0.2, 0) is 0 Å². The third-order valence-corrected chi connectivity index (χ3v) is 3.63. The molecule has 1 heterocycles. The number of rotatable bonds is 6. The molecule has 0 aromatic carbocycles. The molecule has 2 rings (SSSR count). The van der Waals surface area contributed by atoms with Crippen molar-refractivity contribution < 1.29 is 0 Å². The van der Waals surface area contributed by atoms with E-state index in [2.05, 4.69) is 16.8 Å². The Morgan fingerprint density at radius 2 is 1.93 bits per heavy atom. The van der Waals surface area contributed by atoms with E-state index in [9.17, 15) is 0 Å². The van der Waals surface area contributed by atoms with Gasteiger partial charge in [-0.1, -0.05) is 6.08 Å². The summed E-state index contributed by atoms with van der Waals surface area (Å²) in [5.41, 5.74) is 0. The Morgan fingerprint density at radius 1 is 1.20 bits per heavy atom. The molecule has 0 atom stereocenters. The van der Waals surface area contributed by atoms with Crippen LogP contribution in [0, 0.1) is 5.92 Å². The van der Waals surface area contributed by atoms with Crippen molar-refractivity contribution in [2.75, 3.05) is 26.2 Å². The summed E-state index contributed by atoms with van der Waals surface area (Å²) in [5, 5.41) is 3.71. The molecule has 0 amide bonds. The van der Waals surface area contributed by atoms with Crippen molar-refractivity contribution in [2.45, 2.75) is 38.1 Å². The molecular formula is C13H24N2. The van der Waals surface area contributed by atoms with Gasteiger partial charge in [-0.2, -0.15) is 0 Å². The fourth-order valence-corrected chi connectivity index (χ4v) is 2.29. The standard InChI is InChI=1S/C13H24N2/c1-2-3-8-15-9-6-13(7-10-15)14-11-12-4-5-12/h2,12-14H,1,3-11H2. The summed E-state index contributed by atoms with van der Waals surface area (Å²) in [6, 6.07) is 0.797. The van der Waals surface area contributed by atoms with E-state index in [-0.39, 0.29) is 0 Å². The van der Waals surface area contributed by atoms with Crippen molar-refractivity contribution in [3.63, 3.8) is 0 Å². The zero-order valence-electron chi connectivity index (χ0n) is 9.75. The van der Waals surface area contributed by atoms with Crippen LogP contribution in [0.2, 0.25) is 0 Å². The highest BCUT2D eigenvalue weighted by Gasteiger charge is 2.23. The minimum atomic E-state index is 0.797. The normalized spacial score (nSPS) is 24.3. The van der Waals surface area contributed by atoms with Gasteiger partial charge in [0.2, 0.25) is 0 Å². The lowest BCUT2D eigenvalue weighted by Gasteiger charge is -2.32. The maximum absolute atomic E-state index is 3.78. The number of likely N-dealkylation sites (tertiary alicyclic amines) is 1. The van der Waals surface area contributed by atoms with Crippen LogP contribution >= 0.6 is 0 Å². The fraction of sp³-hybridized carbons (Fsp3) is 0.846. The predicted molar refractivity (Wildman–Crippen MR) is 65.0 cm³/mol. The van der Waals surface area contributed by atoms with Crippen LogP contribution in [0.25, 0.3) is 0 Å². The molecule has 2 heteroatoms. The number of hydrogen-bond donors (Lipinski definition) is 1. The van der Waals surface area contributed by atoms with E-state index in [1.54, 1.807) is 0 Å². The van der Waals surface area contributed by atoms with Gasteiger partial charge < -0.3 is 10.2 Å². The average molecular weight is 208 g/mol. The summed E-state index contributed by atoms with van der Waals surface area (Å²) >= 11 is 0. The van der Waals surface area contributed by atoms with Gasteiger partial charge >= 0.3 is 0 Å². The second-order valence-electron chi connectivity index (χ2n) is 5.04. The number of hydrogen-bond acceptors (Lipinski definition) is 2. The molecule has 2 aliphatic rings. The van der Waals surface area contributed by atoms with Gasteiger partial charge in [-0.15, -0.1) is 6.58 Å². The Labute approximate surface area is 93.7 Å². The van der Waals surface area contributed by atoms with Crippen LogP contribution in [0.5, 0.6) is 0 Å². The lowest BCUT2D eigenvalue weighted by molar-refractivity contribution is 0.200. The van der Waals surface area contributed by atoms with E-state index in [0.29, 0.717) is 0 Å². The van der Waals surface area contributed by atoms with Crippen LogP contribution in [-0.4, -0.2) is 37.1 Å². The summed E-state index contributed by atoms with van der Waals surface area (Å²) < 4.78 is 0. The van der Waals surface area contributed by atoms with Gasteiger partial charge in [0.15, 0.2) is 0 Å². The molecule has 1 saturated carbocycles. The molecule has 1 aliphatic carbocycles. The van der Waals surface area contributed by atoms with Crippen molar-refractivity contribution >= 4 is 0 Å². The van der Waals surface area contributed by atoms with Crippen LogP contribution < -0.4 is 5.32 Å². The highest BCUT2D eigenvalue weighted by atomic mass is 15.1. The summed E-state index contributed by atoms with van der Waals surface area (Å²) in [6.07, 6.45) is 8.77. The lowest BCUT2D eigenvalue weighted by atomic mass is 10.0. The highest BCUT2D eigenvalue weighted by molar-refractivity contribution is 4.82. The quantitative estimate of drug-likeness (QED) is 0.672. The third kappa shape index (κ3) is 3.96. The maximum atomic E-state index is 3.78. The molecule has 86 valence electrons. The third-order valence-electron chi connectivity index (χ3n) is 3.63. The van der Waals surface area contributed by atoms with Gasteiger partial charge in [0.1, 0.15) is 0 Å². The highest BCUT2D eigenvalue weighted by Crippen LogP contribution is 2.28. The van der Waals surface area contributed by atoms with Gasteiger partial charge in [-0.25, -0.2) is 0 Å². The first-order chi connectivity index (χ1) is 7.38. The summed E-state index contributed by atoms with van der Waals surface area (Å²) in [7, 11) is 0. The molecule has 0 aromatic heterocycles. The topological polar surface area (TPSA) is 15.3 Å². The van der Waals surface area contributed by atoms with Gasteiger partial charge in [0.25, 0.3) is 0 Å². The van der Waals surface area contributed by atoms with Crippen LogP contribution in [0.4, 0.5) is 0 Å². The van der Waals surface area contributed by atoms with Gasteiger partial charge in [-0.05, 0) is 57.7 Å². The number of nitrogens with one attached hydrogen (secondary N) is 1. The van der Waals surface area contributed by atoms with Crippen molar-refractivity contribution in [3.05, 3.63) is 12.7 Å². The molecule has 0 unspecified atom stereocenters. The van der Waals surface area contributed by atoms with E-state index < -0.39 is 0 Å². The maximum Gasteiger partial charge on any atom is 0.00915 e. The summed E-state index contributed by atoms with van der Waals surface area (Å²) in [4.78, 5) is 2.57. The zero-order chi connectivity index (χ0) is 10.5. The largest absolute Gasteiger partial charge is 0.314 e. The Bertz CT molecular complexity index is 191. The van der Waals surface area contributed by atoms with Crippen LogP contribution in [0.15, 0.2) is 12.7 Å². The molecule has 0 spiro atoms. The molecule has 15 heavy (non-hydrogen) atoms. The van der Waals surface area contributed by atoms with Crippen LogP contribution in [0.3, 0.4) is 0 Å². The Kier molecular flexibility index (Phi) is 4.21. The predicted octanol–water partition coefficient (Wildman–Crippen LogP) is 2.03. The monoisotopic (exact) mass is 208 g/mol. The molecule has 1 saturated heterocycles. The molecule has 1 aliphatic heterocycles. The zero-order valence-corrected chi connectivity index (χ0v) is 9.75. The van der Waals surface area contributed by atoms with Crippen LogP contribution in [0.1, 0.15) is 32.1 Å². The molecule has 0 radical (unpaired) electrons. The van der Waals surface area contributed by atoms with Gasteiger partial charge in [0.05, 0.1) is 0 Å². The first-order valence-corrected chi connectivity index (χ1v) is 6.45. The number of piperidine rings is 1. The van der Waals surface area contributed by atoms with E-state index in [1.165, 1.54) is 51.9 Å². The SMILES string of the molecule is C=CCCN1CCC(NCC2CC2)CC1. The average Bonchev–Trinajstić information content (AvgIpc) is 3.09. The molecular weight excluding hydrogens is 184 g/mol. The fourth-order valence-electron chi connectivity index (χ4n) is 2.29. The summed E-state index contributed by atoms with van der Waals surface area (Å²) in [5.74, 6) is 1.02. The van der Waals surface area contributed by atoms with E-state index in [0.717, 1.165) is 18.4 Å². The van der Waals surface area contributed by atoms with E-state index >= 15 is 0 Å². The minimum Gasteiger partial charge on any atom is -0.314 e. The van der Waals surface area contributed by atoms with Crippen molar-refractivity contribution in [2.24, 2.45) is 5.92 Å². The molecule has 1 N–H and O–H groups in total. The van der Waals surface area contributed by atoms with E-state index in [1.807, 2.05) is 6.08 Å². The minimum absolute atomic E-state index is 0.797. The molecule has 2 fully saturated rings. The molecule has 0 bridgehead atoms. The Hall–Kier alpha value is -0.340. The number of nitrogens with zero attached hydrogens (tertiary/aromatic N) is 1. The summed E-state index contributed by atoms with van der Waals surface area (Å²) in [6.45, 7) is 8.81. The smallest absolute Gasteiger partial charge is 0.00915 e. The van der Waals surface area contributed by atoms with Crippen molar-refractivity contribution in [3.8, 4) is 0 Å². The molecule has 2 nitrogen and oxygen atoms in total. The Morgan fingerprint density at radius 3 is 2.53 bits per heavy atom. The Balaban J connectivity index is 1.56. The van der Waals surface area contributed by atoms with E-state index in [4.69, 9.17) is 0 Å².